The van der Waals surface area contributed by atoms with E-state index in [2.05, 4.69) is 31.1 Å². The van der Waals surface area contributed by atoms with Gasteiger partial charge in [-0.2, -0.15) is 0 Å². The molecule has 1 saturated heterocycles. The number of rotatable bonds is 6. The Morgan fingerprint density at radius 1 is 1.40 bits per heavy atom. The second-order valence-corrected chi connectivity index (χ2v) is 4.31. The maximum atomic E-state index is 5.60. The molecule has 1 aliphatic rings. The van der Waals surface area contributed by atoms with E-state index in [0.717, 1.165) is 26.2 Å². The molecule has 0 aromatic heterocycles. The normalized spacial score (nSPS) is 27.2. The van der Waals surface area contributed by atoms with Gasteiger partial charge >= 0.3 is 0 Å². The summed E-state index contributed by atoms with van der Waals surface area (Å²) in [7, 11) is 2.07. The second-order valence-electron chi connectivity index (χ2n) is 4.31. The van der Waals surface area contributed by atoms with E-state index in [1.807, 2.05) is 0 Å². The van der Waals surface area contributed by atoms with Gasteiger partial charge in [-0.25, -0.2) is 0 Å². The molecule has 0 radical (unpaired) electrons. The zero-order chi connectivity index (χ0) is 11.1. The first-order chi connectivity index (χ1) is 7.33. The quantitative estimate of drug-likeness (QED) is 0.725. The summed E-state index contributed by atoms with van der Waals surface area (Å²) in [5, 5.41) is 3.42. The Kier molecular flexibility index (Phi) is 6.22. The van der Waals surface area contributed by atoms with Crippen LogP contribution >= 0.6 is 0 Å². The highest BCUT2D eigenvalue weighted by Crippen LogP contribution is 2.14. The molecule has 1 N–H and O–H groups in total. The molecule has 0 spiro atoms. The highest BCUT2D eigenvalue weighted by atomic mass is 16.5. The number of hydrogen-bond acceptors (Lipinski definition) is 3. The Balaban J connectivity index is 2.47. The van der Waals surface area contributed by atoms with E-state index in [1.54, 1.807) is 0 Å². The van der Waals surface area contributed by atoms with Gasteiger partial charge in [0, 0.05) is 18.7 Å². The van der Waals surface area contributed by atoms with Gasteiger partial charge in [-0.3, -0.25) is 4.90 Å². The maximum Gasteiger partial charge on any atom is 0.0637 e. The largest absolute Gasteiger partial charge is 0.380 e. The smallest absolute Gasteiger partial charge is 0.0637 e. The zero-order valence-electron chi connectivity index (χ0n) is 10.5. The van der Waals surface area contributed by atoms with E-state index in [9.17, 15) is 0 Å². The van der Waals surface area contributed by atoms with E-state index >= 15 is 0 Å². The van der Waals surface area contributed by atoms with Crippen molar-refractivity contribution in [2.45, 2.75) is 45.2 Å². The lowest BCUT2D eigenvalue weighted by Gasteiger charge is -2.39. The van der Waals surface area contributed by atoms with Crippen molar-refractivity contribution in [3.05, 3.63) is 0 Å². The van der Waals surface area contributed by atoms with Crippen LogP contribution in [0.25, 0.3) is 0 Å². The lowest BCUT2D eigenvalue weighted by molar-refractivity contribution is -0.000132. The average molecular weight is 214 g/mol. The van der Waals surface area contributed by atoms with Gasteiger partial charge in [-0.05, 0) is 33.0 Å². The van der Waals surface area contributed by atoms with Crippen LogP contribution in [-0.4, -0.2) is 50.3 Å². The first-order valence-corrected chi connectivity index (χ1v) is 6.32. The van der Waals surface area contributed by atoms with E-state index in [0.29, 0.717) is 12.1 Å². The third kappa shape index (κ3) is 3.74. The van der Waals surface area contributed by atoms with Crippen molar-refractivity contribution in [3.8, 4) is 0 Å². The van der Waals surface area contributed by atoms with E-state index in [4.69, 9.17) is 4.74 Å². The first kappa shape index (κ1) is 12.9. The maximum absolute atomic E-state index is 5.60. The molecule has 1 rings (SSSR count). The number of likely N-dealkylation sites (N-methyl/N-ethyl adjacent to an activating group) is 2. The summed E-state index contributed by atoms with van der Waals surface area (Å²) in [5.41, 5.74) is 0. The molecule has 3 heteroatoms. The van der Waals surface area contributed by atoms with E-state index in [1.165, 1.54) is 19.4 Å². The Labute approximate surface area is 94.2 Å². The van der Waals surface area contributed by atoms with Gasteiger partial charge < -0.3 is 10.1 Å². The molecule has 0 aliphatic carbocycles. The minimum Gasteiger partial charge on any atom is -0.380 e. The number of nitrogens with zero attached hydrogens (tertiary/aromatic N) is 1. The van der Waals surface area contributed by atoms with Gasteiger partial charge in [0.15, 0.2) is 0 Å². The van der Waals surface area contributed by atoms with Gasteiger partial charge in [-0.15, -0.1) is 0 Å². The second kappa shape index (κ2) is 7.20. The van der Waals surface area contributed by atoms with Crippen molar-refractivity contribution in [2.24, 2.45) is 0 Å². The van der Waals surface area contributed by atoms with Crippen LogP contribution in [0.1, 0.15) is 33.1 Å². The Hall–Kier alpha value is -0.120. The van der Waals surface area contributed by atoms with Crippen molar-refractivity contribution in [1.29, 1.82) is 0 Å². The van der Waals surface area contributed by atoms with Crippen LogP contribution < -0.4 is 5.32 Å². The molecule has 0 aromatic rings. The minimum absolute atomic E-state index is 0.570. The fourth-order valence-corrected chi connectivity index (χ4v) is 2.34. The number of hydrogen-bond donors (Lipinski definition) is 1. The van der Waals surface area contributed by atoms with Crippen molar-refractivity contribution in [3.63, 3.8) is 0 Å². The predicted molar refractivity (Wildman–Crippen MR) is 64.2 cm³/mol. The van der Waals surface area contributed by atoms with Crippen molar-refractivity contribution in [2.75, 3.05) is 33.4 Å². The Morgan fingerprint density at radius 2 is 2.20 bits per heavy atom. The topological polar surface area (TPSA) is 24.5 Å². The summed E-state index contributed by atoms with van der Waals surface area (Å²) in [5.74, 6) is 0. The summed E-state index contributed by atoms with van der Waals surface area (Å²) < 4.78 is 5.60. The van der Waals surface area contributed by atoms with E-state index in [-0.39, 0.29) is 0 Å². The van der Waals surface area contributed by atoms with Gasteiger partial charge in [-0.1, -0.05) is 20.3 Å². The molecule has 15 heavy (non-hydrogen) atoms. The summed E-state index contributed by atoms with van der Waals surface area (Å²) in [4.78, 5) is 2.56. The lowest BCUT2D eigenvalue weighted by atomic mass is 10.0. The van der Waals surface area contributed by atoms with Gasteiger partial charge in [0.05, 0.1) is 6.61 Å². The molecule has 2 unspecified atom stereocenters. The first-order valence-electron chi connectivity index (χ1n) is 6.32. The van der Waals surface area contributed by atoms with Crippen molar-refractivity contribution in [1.82, 2.24) is 10.2 Å². The Morgan fingerprint density at radius 3 is 2.80 bits per heavy atom. The van der Waals surface area contributed by atoms with Crippen LogP contribution in [-0.2, 0) is 4.74 Å². The SMILES string of the molecule is CCCCN(CC)C1COCCC1NC. The molecule has 90 valence electrons. The van der Waals surface area contributed by atoms with E-state index < -0.39 is 0 Å². The van der Waals surface area contributed by atoms with Crippen LogP contribution in [0.3, 0.4) is 0 Å². The van der Waals surface area contributed by atoms with Crippen LogP contribution in [0.15, 0.2) is 0 Å². The predicted octanol–water partition coefficient (Wildman–Crippen LogP) is 1.49. The molecule has 0 saturated carbocycles. The number of nitrogens with one attached hydrogen (secondary N) is 1. The minimum atomic E-state index is 0.570. The molecule has 1 fully saturated rings. The Bertz CT molecular complexity index is 164. The molecule has 0 amide bonds. The van der Waals surface area contributed by atoms with Crippen LogP contribution in [0.4, 0.5) is 0 Å². The molecule has 0 aromatic carbocycles. The number of unbranched alkanes of at least 4 members (excludes halogenated alkanes) is 1. The molecule has 2 atom stereocenters. The summed E-state index contributed by atoms with van der Waals surface area (Å²) in [6.45, 7) is 8.64. The van der Waals surface area contributed by atoms with Crippen LogP contribution in [0.5, 0.6) is 0 Å². The van der Waals surface area contributed by atoms with Gasteiger partial charge in [0.1, 0.15) is 0 Å². The third-order valence-electron chi connectivity index (χ3n) is 3.37. The van der Waals surface area contributed by atoms with Gasteiger partial charge in [0.2, 0.25) is 0 Å². The summed E-state index contributed by atoms with van der Waals surface area (Å²) in [6.07, 6.45) is 3.71. The zero-order valence-corrected chi connectivity index (χ0v) is 10.5. The number of ether oxygens (including phenoxy) is 1. The molecule has 0 bridgehead atoms. The monoisotopic (exact) mass is 214 g/mol. The fourth-order valence-electron chi connectivity index (χ4n) is 2.34. The molecule has 1 heterocycles. The molecule has 3 nitrogen and oxygen atoms in total. The van der Waals surface area contributed by atoms with Crippen LogP contribution in [0, 0.1) is 0 Å². The lowest BCUT2D eigenvalue weighted by Crippen LogP contribution is -2.54. The van der Waals surface area contributed by atoms with Crippen molar-refractivity contribution >= 4 is 0 Å². The highest BCUT2D eigenvalue weighted by molar-refractivity contribution is 4.86. The highest BCUT2D eigenvalue weighted by Gasteiger charge is 2.28. The molecular weight excluding hydrogens is 188 g/mol. The molecule has 1 aliphatic heterocycles. The summed E-state index contributed by atoms with van der Waals surface area (Å²) >= 11 is 0. The average Bonchev–Trinajstić information content (AvgIpc) is 2.30. The fraction of sp³-hybridized carbons (Fsp3) is 1.00. The standard InChI is InChI=1S/C12H26N2O/c1-4-6-8-14(5-2)12-10-15-9-7-11(12)13-3/h11-13H,4-10H2,1-3H3. The van der Waals surface area contributed by atoms with Crippen molar-refractivity contribution < 1.29 is 4.74 Å². The van der Waals surface area contributed by atoms with Gasteiger partial charge in [0.25, 0.3) is 0 Å². The molecular formula is C12H26N2O. The summed E-state index contributed by atoms with van der Waals surface area (Å²) in [6, 6.07) is 1.18. The van der Waals surface area contributed by atoms with Crippen LogP contribution in [0.2, 0.25) is 0 Å². The third-order valence-corrected chi connectivity index (χ3v) is 3.37.